The third-order valence-corrected chi connectivity index (χ3v) is 5.65. The van der Waals surface area contributed by atoms with E-state index in [0.717, 1.165) is 12.1 Å². The van der Waals surface area contributed by atoms with E-state index in [2.05, 4.69) is 83.0 Å². The van der Waals surface area contributed by atoms with Crippen molar-refractivity contribution in [1.82, 2.24) is 4.98 Å². The summed E-state index contributed by atoms with van der Waals surface area (Å²) in [5, 5.41) is 1.50. The highest BCUT2D eigenvalue weighted by atomic mass is 28.3. The van der Waals surface area contributed by atoms with E-state index in [-0.39, 0.29) is 0 Å². The Morgan fingerprint density at radius 2 is 1.62 bits per heavy atom. The Labute approximate surface area is 130 Å². The van der Waals surface area contributed by atoms with Crippen LogP contribution in [0.25, 0.3) is 11.3 Å². The zero-order chi connectivity index (χ0) is 15.7. The number of rotatable bonds is 3. The Bertz CT molecular complexity index is 604. The molecule has 1 aromatic carbocycles. The van der Waals surface area contributed by atoms with Crippen molar-refractivity contribution >= 4 is 13.3 Å². The molecule has 2 aromatic rings. The van der Waals surface area contributed by atoms with E-state index in [9.17, 15) is 0 Å². The Kier molecular flexibility index (Phi) is 4.38. The standard InChI is InChI=1S/C19H27NSi/c1-19(2,3)13-16-12-17(15-10-8-7-9-11-15)20-14-18(16)21(4,5)6/h7-12,14H,13H2,1-6H3. The molecule has 21 heavy (non-hydrogen) atoms. The molecule has 0 aliphatic carbocycles. The molecule has 0 saturated heterocycles. The summed E-state index contributed by atoms with van der Waals surface area (Å²) >= 11 is 0. The largest absolute Gasteiger partial charge is 0.256 e. The molecule has 2 heteroatoms. The predicted octanol–water partition coefficient (Wildman–Crippen LogP) is 4.88. The van der Waals surface area contributed by atoms with Crippen LogP contribution in [0.1, 0.15) is 26.3 Å². The van der Waals surface area contributed by atoms with Crippen molar-refractivity contribution in [1.29, 1.82) is 0 Å². The molecule has 0 spiro atoms. The number of aromatic nitrogens is 1. The van der Waals surface area contributed by atoms with E-state index in [1.54, 1.807) is 0 Å². The van der Waals surface area contributed by atoms with E-state index in [4.69, 9.17) is 4.98 Å². The molecule has 1 aromatic heterocycles. The average Bonchev–Trinajstić information content (AvgIpc) is 2.36. The van der Waals surface area contributed by atoms with E-state index < -0.39 is 8.07 Å². The van der Waals surface area contributed by atoms with Crippen molar-refractivity contribution in [2.75, 3.05) is 0 Å². The second-order valence-corrected chi connectivity index (χ2v) is 13.1. The first-order valence-corrected chi connectivity index (χ1v) is 11.2. The summed E-state index contributed by atoms with van der Waals surface area (Å²) in [6.45, 7) is 14.1. The lowest BCUT2D eigenvalue weighted by Gasteiger charge is -2.26. The lowest BCUT2D eigenvalue weighted by atomic mass is 9.88. The van der Waals surface area contributed by atoms with Gasteiger partial charge in [-0.3, -0.25) is 4.98 Å². The van der Waals surface area contributed by atoms with Gasteiger partial charge in [0.05, 0.1) is 13.8 Å². The first kappa shape index (κ1) is 16.0. The van der Waals surface area contributed by atoms with Gasteiger partial charge in [0.1, 0.15) is 0 Å². The summed E-state index contributed by atoms with van der Waals surface area (Å²) in [7, 11) is -1.36. The number of pyridine rings is 1. The summed E-state index contributed by atoms with van der Waals surface area (Å²) in [5.74, 6) is 0. The number of hydrogen-bond donors (Lipinski definition) is 0. The molecule has 0 fully saturated rings. The first-order valence-electron chi connectivity index (χ1n) is 7.72. The minimum absolute atomic E-state index is 0.295. The molecular formula is C19H27NSi. The van der Waals surface area contributed by atoms with E-state index in [1.807, 2.05) is 0 Å². The minimum atomic E-state index is -1.36. The van der Waals surface area contributed by atoms with Gasteiger partial charge in [-0.2, -0.15) is 0 Å². The van der Waals surface area contributed by atoms with E-state index >= 15 is 0 Å². The van der Waals surface area contributed by atoms with Crippen LogP contribution >= 0.6 is 0 Å². The quantitative estimate of drug-likeness (QED) is 0.736. The Morgan fingerprint density at radius 3 is 2.14 bits per heavy atom. The highest BCUT2D eigenvalue weighted by Crippen LogP contribution is 2.24. The molecule has 0 bridgehead atoms. The number of benzene rings is 1. The van der Waals surface area contributed by atoms with Gasteiger partial charge in [-0.25, -0.2) is 0 Å². The smallest absolute Gasteiger partial charge is 0.0799 e. The van der Waals surface area contributed by atoms with Crippen LogP contribution in [0.2, 0.25) is 19.6 Å². The van der Waals surface area contributed by atoms with Gasteiger partial charge in [-0.15, -0.1) is 0 Å². The van der Waals surface area contributed by atoms with Gasteiger partial charge in [0.25, 0.3) is 0 Å². The third kappa shape index (κ3) is 4.27. The summed E-state index contributed by atoms with van der Waals surface area (Å²) in [4.78, 5) is 4.74. The van der Waals surface area contributed by atoms with Crippen molar-refractivity contribution in [3.8, 4) is 11.3 Å². The van der Waals surface area contributed by atoms with Crippen molar-refractivity contribution in [2.24, 2.45) is 5.41 Å². The summed E-state index contributed by atoms with van der Waals surface area (Å²) < 4.78 is 0. The zero-order valence-electron chi connectivity index (χ0n) is 14.2. The molecule has 0 aliphatic rings. The molecule has 2 rings (SSSR count). The fourth-order valence-corrected chi connectivity index (χ4v) is 4.23. The first-order chi connectivity index (χ1) is 9.67. The van der Waals surface area contributed by atoms with Gasteiger partial charge in [0, 0.05) is 11.8 Å². The van der Waals surface area contributed by atoms with E-state index in [0.29, 0.717) is 5.41 Å². The highest BCUT2D eigenvalue weighted by molar-refractivity contribution is 6.89. The van der Waals surface area contributed by atoms with Crippen LogP contribution < -0.4 is 5.19 Å². The third-order valence-electron chi connectivity index (χ3n) is 3.59. The molecule has 0 aliphatic heterocycles. The molecule has 0 amide bonds. The maximum Gasteiger partial charge on any atom is 0.0799 e. The molecule has 0 atom stereocenters. The Morgan fingerprint density at radius 1 is 1.00 bits per heavy atom. The van der Waals surface area contributed by atoms with Crippen molar-refractivity contribution in [3.05, 3.63) is 48.2 Å². The van der Waals surface area contributed by atoms with Crippen LogP contribution in [0.3, 0.4) is 0 Å². The van der Waals surface area contributed by atoms with Gasteiger partial charge < -0.3 is 0 Å². The van der Waals surface area contributed by atoms with Gasteiger partial charge in [0.15, 0.2) is 0 Å². The van der Waals surface area contributed by atoms with Crippen molar-refractivity contribution < 1.29 is 0 Å². The van der Waals surface area contributed by atoms with Crippen LogP contribution in [0.5, 0.6) is 0 Å². The molecule has 0 N–H and O–H groups in total. The highest BCUT2D eigenvalue weighted by Gasteiger charge is 2.24. The van der Waals surface area contributed by atoms with Crippen molar-refractivity contribution in [2.45, 2.75) is 46.8 Å². The summed E-state index contributed by atoms with van der Waals surface area (Å²) in [6.07, 6.45) is 3.24. The van der Waals surface area contributed by atoms with Crippen LogP contribution in [0, 0.1) is 5.41 Å². The topological polar surface area (TPSA) is 12.9 Å². The molecule has 0 saturated carbocycles. The molecule has 0 radical (unpaired) electrons. The average molecular weight is 298 g/mol. The van der Waals surface area contributed by atoms with Gasteiger partial charge in [-0.1, -0.05) is 70.7 Å². The van der Waals surface area contributed by atoms with Gasteiger partial charge >= 0.3 is 0 Å². The van der Waals surface area contributed by atoms with Crippen LogP contribution in [-0.4, -0.2) is 13.1 Å². The number of nitrogens with zero attached hydrogens (tertiary/aromatic N) is 1. The lowest BCUT2D eigenvalue weighted by Crippen LogP contribution is -2.41. The van der Waals surface area contributed by atoms with E-state index in [1.165, 1.54) is 16.3 Å². The van der Waals surface area contributed by atoms with Crippen LogP contribution in [0.15, 0.2) is 42.6 Å². The maximum atomic E-state index is 4.74. The summed E-state index contributed by atoms with van der Waals surface area (Å²) in [5.41, 5.74) is 4.08. The zero-order valence-corrected chi connectivity index (χ0v) is 15.2. The predicted molar refractivity (Wildman–Crippen MR) is 95.8 cm³/mol. The van der Waals surface area contributed by atoms with Crippen LogP contribution in [-0.2, 0) is 6.42 Å². The molecule has 112 valence electrons. The Balaban J connectivity index is 2.52. The lowest BCUT2D eigenvalue weighted by molar-refractivity contribution is 0.412. The SMILES string of the molecule is CC(C)(C)Cc1cc(-c2ccccc2)ncc1[Si](C)(C)C. The van der Waals surface area contributed by atoms with Gasteiger partial charge in [-0.05, 0) is 28.7 Å². The maximum absolute atomic E-state index is 4.74. The molecule has 1 heterocycles. The number of hydrogen-bond acceptors (Lipinski definition) is 1. The normalized spacial score (nSPS) is 12.5. The molecule has 1 nitrogen and oxygen atoms in total. The second kappa shape index (κ2) is 5.76. The minimum Gasteiger partial charge on any atom is -0.256 e. The van der Waals surface area contributed by atoms with Crippen LogP contribution in [0.4, 0.5) is 0 Å². The molecule has 0 unspecified atom stereocenters. The second-order valence-electron chi connectivity index (χ2n) is 8.08. The fourth-order valence-electron chi connectivity index (χ4n) is 2.66. The fraction of sp³-hybridized carbons (Fsp3) is 0.421. The molecular weight excluding hydrogens is 270 g/mol. The Hall–Kier alpha value is -1.41. The monoisotopic (exact) mass is 297 g/mol. The van der Waals surface area contributed by atoms with Crippen molar-refractivity contribution in [3.63, 3.8) is 0 Å². The summed E-state index contributed by atoms with van der Waals surface area (Å²) in [6, 6.07) is 12.8. The van der Waals surface area contributed by atoms with Gasteiger partial charge in [0.2, 0.25) is 0 Å².